The van der Waals surface area contributed by atoms with Crippen molar-refractivity contribution in [2.45, 2.75) is 42.7 Å². The second-order valence-electron chi connectivity index (χ2n) is 4.29. The van der Waals surface area contributed by atoms with E-state index in [1.54, 1.807) is 11.8 Å². The van der Waals surface area contributed by atoms with Crippen LogP contribution in [0.1, 0.15) is 37.7 Å². The highest BCUT2D eigenvalue weighted by Gasteiger charge is 2.14. The van der Waals surface area contributed by atoms with E-state index in [1.165, 1.54) is 0 Å². The molecule has 0 spiro atoms. The lowest BCUT2D eigenvalue weighted by molar-refractivity contribution is 0.274. The molecule has 0 fully saturated rings. The van der Waals surface area contributed by atoms with Crippen LogP contribution >= 0.6 is 11.8 Å². The Balaban J connectivity index is 2.24. The van der Waals surface area contributed by atoms with Gasteiger partial charge in [-0.05, 0) is 18.6 Å². The number of nitrogens with zero attached hydrogens (tertiary/aromatic N) is 1. The van der Waals surface area contributed by atoms with Crippen LogP contribution in [-0.4, -0.2) is 15.1 Å². The Morgan fingerprint density at radius 3 is 2.67 bits per heavy atom. The van der Waals surface area contributed by atoms with E-state index in [-0.39, 0.29) is 6.61 Å². The number of hydrogen-bond acceptors (Lipinski definition) is 3. The molecule has 18 heavy (non-hydrogen) atoms. The molecule has 1 aromatic heterocycles. The molecule has 0 aliphatic heterocycles. The van der Waals surface area contributed by atoms with E-state index in [9.17, 15) is 5.11 Å². The molecule has 96 valence electrons. The number of H-pyrrole nitrogens is 1. The summed E-state index contributed by atoms with van der Waals surface area (Å²) in [5, 5.41) is 10.3. The van der Waals surface area contributed by atoms with Crippen LogP contribution in [0.15, 0.2) is 40.3 Å². The van der Waals surface area contributed by atoms with Crippen molar-refractivity contribution in [3.63, 3.8) is 0 Å². The maximum Gasteiger partial charge on any atom is 0.125 e. The Morgan fingerprint density at radius 2 is 2.06 bits per heavy atom. The van der Waals surface area contributed by atoms with Crippen LogP contribution in [0.5, 0.6) is 0 Å². The molecule has 4 heteroatoms. The molecule has 0 amide bonds. The first-order valence-corrected chi connectivity index (χ1v) is 6.98. The summed E-state index contributed by atoms with van der Waals surface area (Å²) in [6.45, 7) is 4.27. The monoisotopic (exact) mass is 262 g/mol. The summed E-state index contributed by atoms with van der Waals surface area (Å²) >= 11 is 1.59. The molecule has 0 saturated heterocycles. The van der Waals surface area contributed by atoms with E-state index in [2.05, 4.69) is 23.8 Å². The maximum atomic E-state index is 9.38. The number of aliphatic hydroxyl groups is 1. The van der Waals surface area contributed by atoms with Crippen molar-refractivity contribution in [2.75, 3.05) is 0 Å². The van der Waals surface area contributed by atoms with Gasteiger partial charge in [0.2, 0.25) is 0 Å². The summed E-state index contributed by atoms with van der Waals surface area (Å²) < 4.78 is 0. The first kappa shape index (κ1) is 13.2. The van der Waals surface area contributed by atoms with E-state index in [1.807, 2.05) is 30.3 Å². The van der Waals surface area contributed by atoms with Crippen LogP contribution in [-0.2, 0) is 6.61 Å². The van der Waals surface area contributed by atoms with Crippen molar-refractivity contribution in [3.8, 4) is 0 Å². The van der Waals surface area contributed by atoms with Gasteiger partial charge in [0.25, 0.3) is 0 Å². The first-order valence-electron chi connectivity index (χ1n) is 6.17. The van der Waals surface area contributed by atoms with E-state index >= 15 is 0 Å². The standard InChI is InChI=1S/C14H18N2OS/c1-3-10(2)13-15-12(9-17)14(16-13)18-11-7-5-4-6-8-11/h4-8,10,17H,3,9H2,1-2H3,(H,15,16). The van der Waals surface area contributed by atoms with Crippen molar-refractivity contribution in [1.82, 2.24) is 9.97 Å². The summed E-state index contributed by atoms with van der Waals surface area (Å²) in [6.07, 6.45) is 1.04. The second kappa shape index (κ2) is 6.07. The number of rotatable bonds is 5. The summed E-state index contributed by atoms with van der Waals surface area (Å²) in [5.74, 6) is 1.35. The Hall–Kier alpha value is -1.26. The number of aromatic nitrogens is 2. The molecular weight excluding hydrogens is 244 g/mol. The summed E-state index contributed by atoms with van der Waals surface area (Å²) in [6, 6.07) is 10.1. The van der Waals surface area contributed by atoms with Crippen LogP contribution in [0, 0.1) is 0 Å². The average Bonchev–Trinajstić information content (AvgIpc) is 2.82. The fraction of sp³-hybridized carbons (Fsp3) is 0.357. The van der Waals surface area contributed by atoms with Gasteiger partial charge in [0.15, 0.2) is 0 Å². The Bertz CT molecular complexity index is 496. The number of hydrogen-bond donors (Lipinski definition) is 2. The molecule has 2 aromatic rings. The Morgan fingerprint density at radius 1 is 1.33 bits per heavy atom. The van der Waals surface area contributed by atoms with E-state index in [0.717, 1.165) is 27.9 Å². The lowest BCUT2D eigenvalue weighted by Crippen LogP contribution is -1.94. The highest BCUT2D eigenvalue weighted by molar-refractivity contribution is 7.99. The van der Waals surface area contributed by atoms with Crippen molar-refractivity contribution < 1.29 is 5.11 Å². The molecule has 0 aliphatic carbocycles. The second-order valence-corrected chi connectivity index (χ2v) is 5.35. The SMILES string of the molecule is CCC(C)c1nc(Sc2ccccc2)c(CO)[nH]1. The smallest absolute Gasteiger partial charge is 0.125 e. The molecule has 3 nitrogen and oxygen atoms in total. The molecule has 0 radical (unpaired) electrons. The third-order valence-corrected chi connectivity index (χ3v) is 3.99. The fourth-order valence-corrected chi connectivity index (χ4v) is 2.53. The van der Waals surface area contributed by atoms with Gasteiger partial charge in [-0.25, -0.2) is 4.98 Å². The topological polar surface area (TPSA) is 48.9 Å². The van der Waals surface area contributed by atoms with Gasteiger partial charge in [-0.3, -0.25) is 0 Å². The maximum absolute atomic E-state index is 9.38. The summed E-state index contributed by atoms with van der Waals surface area (Å²) in [7, 11) is 0. The van der Waals surface area contributed by atoms with E-state index < -0.39 is 0 Å². The molecule has 1 heterocycles. The van der Waals surface area contributed by atoms with E-state index in [0.29, 0.717) is 5.92 Å². The van der Waals surface area contributed by atoms with Gasteiger partial charge in [-0.1, -0.05) is 43.8 Å². The summed E-state index contributed by atoms with van der Waals surface area (Å²) in [5.41, 5.74) is 0.805. The normalized spacial score (nSPS) is 12.6. The third-order valence-electron chi connectivity index (χ3n) is 2.95. The van der Waals surface area contributed by atoms with Crippen molar-refractivity contribution >= 4 is 11.8 Å². The lowest BCUT2D eigenvalue weighted by atomic mass is 10.1. The number of aromatic amines is 1. The number of aliphatic hydroxyl groups excluding tert-OH is 1. The number of imidazole rings is 1. The molecule has 1 aromatic carbocycles. The quantitative estimate of drug-likeness (QED) is 0.866. The molecule has 2 rings (SSSR count). The highest BCUT2D eigenvalue weighted by atomic mass is 32.2. The van der Waals surface area contributed by atoms with Crippen molar-refractivity contribution in [1.29, 1.82) is 0 Å². The van der Waals surface area contributed by atoms with Crippen LogP contribution in [0.4, 0.5) is 0 Å². The highest BCUT2D eigenvalue weighted by Crippen LogP contribution is 2.30. The minimum absolute atomic E-state index is 0.00139. The van der Waals surface area contributed by atoms with Crippen molar-refractivity contribution in [3.05, 3.63) is 41.9 Å². The lowest BCUT2D eigenvalue weighted by Gasteiger charge is -2.02. The average molecular weight is 262 g/mol. The first-order chi connectivity index (χ1) is 8.74. The predicted octanol–water partition coefficient (Wildman–Crippen LogP) is 3.57. The minimum atomic E-state index is -0.00139. The zero-order chi connectivity index (χ0) is 13.0. The summed E-state index contributed by atoms with van der Waals surface area (Å²) in [4.78, 5) is 8.95. The van der Waals surface area contributed by atoms with Crippen LogP contribution in [0.3, 0.4) is 0 Å². The van der Waals surface area contributed by atoms with Crippen LogP contribution < -0.4 is 0 Å². The predicted molar refractivity (Wildman–Crippen MR) is 73.8 cm³/mol. The van der Waals surface area contributed by atoms with Gasteiger partial charge in [0.1, 0.15) is 10.9 Å². The van der Waals surface area contributed by atoms with Gasteiger partial charge in [0, 0.05) is 10.8 Å². The molecular formula is C14H18N2OS. The van der Waals surface area contributed by atoms with Crippen molar-refractivity contribution in [2.24, 2.45) is 0 Å². The van der Waals surface area contributed by atoms with Gasteiger partial charge in [0.05, 0.1) is 12.3 Å². The van der Waals surface area contributed by atoms with Gasteiger partial charge >= 0.3 is 0 Å². The fourth-order valence-electron chi connectivity index (χ4n) is 1.63. The molecule has 1 unspecified atom stereocenters. The van der Waals surface area contributed by atoms with E-state index in [4.69, 9.17) is 0 Å². The zero-order valence-corrected chi connectivity index (χ0v) is 11.5. The van der Waals surface area contributed by atoms with Crippen LogP contribution in [0.2, 0.25) is 0 Å². The minimum Gasteiger partial charge on any atom is -0.390 e. The zero-order valence-electron chi connectivity index (χ0n) is 10.7. The molecule has 0 bridgehead atoms. The van der Waals surface area contributed by atoms with Gasteiger partial charge in [-0.15, -0.1) is 0 Å². The molecule has 2 N–H and O–H groups in total. The Labute approximate surface area is 112 Å². The molecule has 0 saturated carbocycles. The largest absolute Gasteiger partial charge is 0.390 e. The van der Waals surface area contributed by atoms with Crippen LogP contribution in [0.25, 0.3) is 0 Å². The third kappa shape index (κ3) is 2.94. The van der Waals surface area contributed by atoms with Gasteiger partial charge < -0.3 is 10.1 Å². The number of benzene rings is 1. The number of nitrogens with one attached hydrogen (secondary N) is 1. The molecule has 1 atom stereocenters. The molecule has 0 aliphatic rings. The van der Waals surface area contributed by atoms with Gasteiger partial charge in [-0.2, -0.15) is 0 Å². The Kier molecular flexibility index (Phi) is 4.44.